The predicted molar refractivity (Wildman–Crippen MR) is 76.0 cm³/mol. The summed E-state index contributed by atoms with van der Waals surface area (Å²) in [6.07, 6.45) is 7.57. The number of carbonyl (C=O) groups is 2. The summed E-state index contributed by atoms with van der Waals surface area (Å²) >= 11 is 0. The van der Waals surface area contributed by atoms with Crippen LogP contribution in [-0.4, -0.2) is 18.9 Å². The van der Waals surface area contributed by atoms with Crippen LogP contribution >= 0.6 is 0 Å². The number of hydrogen-bond donors (Lipinski definition) is 0. The number of ketones is 1. The molecule has 0 aromatic carbocycles. The molecule has 3 aliphatic rings. The number of fused-ring (bicyclic) bond motifs is 3. The highest BCUT2D eigenvalue weighted by Crippen LogP contribution is 2.65. The Morgan fingerprint density at radius 1 is 1.35 bits per heavy atom. The summed E-state index contributed by atoms with van der Waals surface area (Å²) in [5.74, 6) is 1.00. The van der Waals surface area contributed by atoms with E-state index < -0.39 is 0 Å². The molecular weight excluding hydrogens is 252 g/mol. The van der Waals surface area contributed by atoms with E-state index >= 15 is 0 Å². The van der Waals surface area contributed by atoms with Crippen molar-refractivity contribution in [1.29, 1.82) is 0 Å². The third kappa shape index (κ3) is 1.71. The van der Waals surface area contributed by atoms with Crippen LogP contribution in [0.3, 0.4) is 0 Å². The highest BCUT2D eigenvalue weighted by molar-refractivity contribution is 5.91. The van der Waals surface area contributed by atoms with Crippen LogP contribution in [0.15, 0.2) is 11.6 Å². The first-order valence-electron chi connectivity index (χ1n) is 7.73. The number of carbonyl (C=O) groups excluding carboxylic acids is 2. The van der Waals surface area contributed by atoms with Gasteiger partial charge in [0.25, 0.3) is 0 Å². The second-order valence-corrected chi connectivity index (χ2v) is 7.30. The van der Waals surface area contributed by atoms with Crippen molar-refractivity contribution in [2.45, 2.75) is 52.4 Å². The van der Waals surface area contributed by atoms with Crippen molar-refractivity contribution in [3.8, 4) is 0 Å². The topological polar surface area (TPSA) is 43.4 Å². The summed E-state index contributed by atoms with van der Waals surface area (Å²) in [6, 6.07) is 0. The van der Waals surface area contributed by atoms with Crippen molar-refractivity contribution in [3.05, 3.63) is 11.6 Å². The third-order valence-corrected chi connectivity index (χ3v) is 6.34. The molecule has 0 aromatic heterocycles. The van der Waals surface area contributed by atoms with Gasteiger partial charge in [-0.3, -0.25) is 9.59 Å². The van der Waals surface area contributed by atoms with Gasteiger partial charge < -0.3 is 4.74 Å². The van der Waals surface area contributed by atoms with Crippen LogP contribution < -0.4 is 0 Å². The van der Waals surface area contributed by atoms with Crippen molar-refractivity contribution in [3.63, 3.8) is 0 Å². The second-order valence-electron chi connectivity index (χ2n) is 7.30. The van der Waals surface area contributed by atoms with E-state index in [2.05, 4.69) is 13.8 Å². The Bertz CT molecular complexity index is 492. The summed E-state index contributed by atoms with van der Waals surface area (Å²) in [7, 11) is 1.49. The average Bonchev–Trinajstić information content (AvgIpc) is 2.71. The number of hydrogen-bond acceptors (Lipinski definition) is 3. The third-order valence-electron chi connectivity index (χ3n) is 6.34. The molecule has 3 rings (SSSR count). The number of methoxy groups -OCH3 is 1. The molecule has 20 heavy (non-hydrogen) atoms. The summed E-state index contributed by atoms with van der Waals surface area (Å²) in [4.78, 5) is 24.0. The van der Waals surface area contributed by atoms with E-state index in [-0.39, 0.29) is 22.6 Å². The molecule has 110 valence electrons. The molecule has 0 N–H and O–H groups in total. The first-order valence-corrected chi connectivity index (χ1v) is 7.73. The predicted octanol–water partition coefficient (Wildman–Crippen LogP) is 3.28. The lowest BCUT2D eigenvalue weighted by molar-refractivity contribution is -0.163. The number of ether oxygens (including phenoxy) is 1. The van der Waals surface area contributed by atoms with Gasteiger partial charge in [0.15, 0.2) is 5.78 Å². The minimum Gasteiger partial charge on any atom is -0.469 e. The fraction of sp³-hybridized carbons (Fsp3) is 0.765. The quantitative estimate of drug-likeness (QED) is 0.690. The first-order chi connectivity index (χ1) is 9.41. The van der Waals surface area contributed by atoms with E-state index in [0.717, 1.165) is 25.7 Å². The van der Waals surface area contributed by atoms with Crippen molar-refractivity contribution < 1.29 is 14.3 Å². The molecule has 3 unspecified atom stereocenters. The minimum absolute atomic E-state index is 0.0704. The Kier molecular flexibility index (Phi) is 3.07. The molecule has 3 aliphatic carbocycles. The summed E-state index contributed by atoms with van der Waals surface area (Å²) in [6.45, 7) is 4.40. The molecule has 0 aliphatic heterocycles. The van der Waals surface area contributed by atoms with Crippen molar-refractivity contribution in [1.82, 2.24) is 0 Å². The molecular formula is C17H24O3. The highest BCUT2D eigenvalue weighted by atomic mass is 16.5. The minimum atomic E-state index is -0.386. The first kappa shape index (κ1) is 13.8. The normalized spacial score (nSPS) is 43.5. The Hall–Kier alpha value is -1.12. The van der Waals surface area contributed by atoms with Crippen LogP contribution in [-0.2, 0) is 14.3 Å². The monoisotopic (exact) mass is 276 g/mol. The summed E-state index contributed by atoms with van der Waals surface area (Å²) < 4.78 is 5.10. The molecule has 0 spiro atoms. The molecule has 0 heterocycles. The smallest absolute Gasteiger partial charge is 0.311 e. The van der Waals surface area contributed by atoms with Crippen LogP contribution in [0.5, 0.6) is 0 Å². The fourth-order valence-corrected chi connectivity index (χ4v) is 5.31. The Labute approximate surface area is 120 Å². The van der Waals surface area contributed by atoms with Gasteiger partial charge in [0.1, 0.15) is 0 Å². The lowest BCUT2D eigenvalue weighted by atomic mass is 9.54. The molecule has 0 radical (unpaired) electrons. The Morgan fingerprint density at radius 2 is 2.10 bits per heavy atom. The van der Waals surface area contributed by atoms with Gasteiger partial charge in [-0.25, -0.2) is 0 Å². The van der Waals surface area contributed by atoms with E-state index in [9.17, 15) is 9.59 Å². The maximum absolute atomic E-state index is 12.3. The second kappa shape index (κ2) is 4.44. The van der Waals surface area contributed by atoms with Crippen molar-refractivity contribution in [2.75, 3.05) is 7.11 Å². The maximum Gasteiger partial charge on any atom is 0.311 e. The van der Waals surface area contributed by atoms with Gasteiger partial charge in [0.2, 0.25) is 0 Å². The van der Waals surface area contributed by atoms with Gasteiger partial charge >= 0.3 is 5.97 Å². The molecule has 3 heteroatoms. The van der Waals surface area contributed by atoms with E-state index in [4.69, 9.17) is 4.74 Å². The lowest BCUT2D eigenvalue weighted by Gasteiger charge is -2.49. The van der Waals surface area contributed by atoms with E-state index in [0.29, 0.717) is 18.3 Å². The van der Waals surface area contributed by atoms with Crippen molar-refractivity contribution >= 4 is 11.8 Å². The molecule has 4 atom stereocenters. The molecule has 0 bridgehead atoms. The molecule has 3 nitrogen and oxygen atoms in total. The zero-order chi connectivity index (χ0) is 14.5. The van der Waals surface area contributed by atoms with Gasteiger partial charge in [-0.05, 0) is 55.9 Å². The van der Waals surface area contributed by atoms with Crippen LogP contribution in [0.4, 0.5) is 0 Å². The van der Waals surface area contributed by atoms with E-state index in [1.165, 1.54) is 19.1 Å². The number of rotatable bonds is 1. The highest BCUT2D eigenvalue weighted by Gasteiger charge is 2.60. The van der Waals surface area contributed by atoms with Gasteiger partial charge in [0.05, 0.1) is 12.5 Å². The molecule has 0 amide bonds. The van der Waals surface area contributed by atoms with Crippen molar-refractivity contribution in [2.24, 2.45) is 22.7 Å². The SMILES string of the molecule is COC(=O)[C@@]1(C)CCCC2(C)C3CCC(=O)C=C3CC21. The van der Waals surface area contributed by atoms with Crippen LogP contribution in [0.1, 0.15) is 52.4 Å². The maximum atomic E-state index is 12.3. The van der Waals surface area contributed by atoms with E-state index in [1.807, 2.05) is 6.08 Å². The summed E-state index contributed by atoms with van der Waals surface area (Å²) in [5.41, 5.74) is 1.07. The van der Waals surface area contributed by atoms with Gasteiger partial charge in [-0.2, -0.15) is 0 Å². The molecule has 2 saturated carbocycles. The van der Waals surface area contributed by atoms with Crippen LogP contribution in [0.25, 0.3) is 0 Å². The zero-order valence-corrected chi connectivity index (χ0v) is 12.7. The average molecular weight is 276 g/mol. The molecule has 0 aromatic rings. The standard InChI is InChI=1S/C17H24O3/c1-16-7-4-8-17(2,15(19)20-3)14(16)10-11-9-12(18)5-6-13(11)16/h9,13-14H,4-8,10H2,1-3H3/t13?,14?,16?,17-/m0/s1. The zero-order valence-electron chi connectivity index (χ0n) is 12.7. The van der Waals surface area contributed by atoms with Gasteiger partial charge in [-0.15, -0.1) is 0 Å². The largest absolute Gasteiger partial charge is 0.469 e. The van der Waals surface area contributed by atoms with E-state index in [1.54, 1.807) is 0 Å². The fourth-order valence-electron chi connectivity index (χ4n) is 5.31. The number of allylic oxidation sites excluding steroid dienone is 2. The molecule has 0 saturated heterocycles. The lowest BCUT2D eigenvalue weighted by Crippen LogP contribution is -2.47. The van der Waals surface area contributed by atoms with Gasteiger partial charge in [-0.1, -0.05) is 18.9 Å². The van der Waals surface area contributed by atoms with Crippen LogP contribution in [0.2, 0.25) is 0 Å². The van der Waals surface area contributed by atoms with Crippen LogP contribution in [0, 0.1) is 22.7 Å². The molecule has 2 fully saturated rings. The number of esters is 1. The summed E-state index contributed by atoms with van der Waals surface area (Å²) in [5, 5.41) is 0. The van der Waals surface area contributed by atoms with Gasteiger partial charge in [0, 0.05) is 6.42 Å². The Morgan fingerprint density at radius 3 is 2.80 bits per heavy atom. The Balaban J connectivity index is 2.02.